The maximum absolute atomic E-state index is 14.0. The van der Waals surface area contributed by atoms with Gasteiger partial charge in [-0.3, -0.25) is 9.80 Å². The van der Waals surface area contributed by atoms with Gasteiger partial charge in [-0.2, -0.15) is 0 Å². The summed E-state index contributed by atoms with van der Waals surface area (Å²) in [6.07, 6.45) is -0.499. The lowest BCUT2D eigenvalue weighted by molar-refractivity contribution is -0.145. The fourth-order valence-corrected chi connectivity index (χ4v) is 2.82. The van der Waals surface area contributed by atoms with E-state index in [2.05, 4.69) is 5.32 Å². The van der Waals surface area contributed by atoms with Gasteiger partial charge in [0.05, 0.1) is 0 Å². The van der Waals surface area contributed by atoms with Crippen molar-refractivity contribution in [2.24, 2.45) is 0 Å². The van der Waals surface area contributed by atoms with Crippen LogP contribution in [0.1, 0.15) is 23.6 Å². The Kier molecular flexibility index (Phi) is 3.06. The lowest BCUT2D eigenvalue weighted by Crippen LogP contribution is -2.45. The zero-order valence-corrected chi connectivity index (χ0v) is 10.7. The van der Waals surface area contributed by atoms with Gasteiger partial charge in [0.2, 0.25) is 0 Å². The Morgan fingerprint density at radius 3 is 2.95 bits per heavy atom. The third kappa shape index (κ3) is 2.00. The standard InChI is InChI=1S/C13H14FN3O3/c14-10-4-1-3-8-9(10)7-16-5-2-6-17(16)12(18)11(8)15-13(19)20/h1,3-4,11,15H,2,5-7H2,(H,19,20)/t11-/m1/s1. The molecule has 0 aliphatic carbocycles. The highest BCUT2D eigenvalue weighted by atomic mass is 19.1. The van der Waals surface area contributed by atoms with Crippen molar-refractivity contribution < 1.29 is 19.1 Å². The summed E-state index contributed by atoms with van der Waals surface area (Å²) in [4.78, 5) is 23.4. The number of nitrogens with one attached hydrogen (secondary N) is 1. The van der Waals surface area contributed by atoms with Crippen molar-refractivity contribution in [3.8, 4) is 0 Å². The minimum Gasteiger partial charge on any atom is -0.465 e. The SMILES string of the molecule is O=C(O)N[C@H]1C(=O)N2CCCN2Cc2c(F)cccc21. The third-order valence-corrected chi connectivity index (χ3v) is 3.70. The number of rotatable bonds is 1. The Morgan fingerprint density at radius 1 is 1.40 bits per heavy atom. The molecule has 20 heavy (non-hydrogen) atoms. The van der Waals surface area contributed by atoms with E-state index in [1.807, 2.05) is 0 Å². The van der Waals surface area contributed by atoms with Crippen LogP contribution in [0.2, 0.25) is 0 Å². The number of carbonyl (C=O) groups excluding carboxylic acids is 1. The number of amides is 2. The Labute approximate surface area is 114 Å². The molecule has 0 bridgehead atoms. The van der Waals surface area contributed by atoms with Crippen molar-refractivity contribution in [2.75, 3.05) is 13.1 Å². The van der Waals surface area contributed by atoms with E-state index in [4.69, 9.17) is 5.11 Å². The molecule has 2 amide bonds. The van der Waals surface area contributed by atoms with Gasteiger partial charge in [-0.25, -0.2) is 14.2 Å². The predicted molar refractivity (Wildman–Crippen MR) is 67.0 cm³/mol. The van der Waals surface area contributed by atoms with E-state index in [-0.39, 0.29) is 12.5 Å². The van der Waals surface area contributed by atoms with Gasteiger partial charge in [0.25, 0.3) is 5.91 Å². The minimum atomic E-state index is -1.30. The molecule has 1 aromatic carbocycles. The van der Waals surface area contributed by atoms with E-state index in [1.165, 1.54) is 17.1 Å². The molecule has 3 rings (SSSR count). The van der Waals surface area contributed by atoms with Crippen LogP contribution in [0.5, 0.6) is 0 Å². The normalized spacial score (nSPS) is 22.1. The Morgan fingerprint density at radius 2 is 2.20 bits per heavy atom. The van der Waals surface area contributed by atoms with Crippen LogP contribution in [-0.2, 0) is 11.3 Å². The van der Waals surface area contributed by atoms with Gasteiger partial charge < -0.3 is 10.4 Å². The smallest absolute Gasteiger partial charge is 0.405 e. The van der Waals surface area contributed by atoms with Crippen molar-refractivity contribution in [2.45, 2.75) is 19.0 Å². The maximum Gasteiger partial charge on any atom is 0.405 e. The number of halogens is 1. The second-order valence-electron chi connectivity index (χ2n) is 4.89. The molecule has 0 unspecified atom stereocenters. The van der Waals surface area contributed by atoms with E-state index >= 15 is 0 Å². The highest BCUT2D eigenvalue weighted by Crippen LogP contribution is 2.30. The summed E-state index contributed by atoms with van der Waals surface area (Å²) in [5, 5.41) is 14.4. The first-order valence-corrected chi connectivity index (χ1v) is 6.41. The highest BCUT2D eigenvalue weighted by molar-refractivity contribution is 5.87. The molecular formula is C13H14FN3O3. The summed E-state index contributed by atoms with van der Waals surface area (Å²) >= 11 is 0. The molecule has 0 spiro atoms. The molecule has 106 valence electrons. The number of carbonyl (C=O) groups is 2. The Balaban J connectivity index is 2.10. The first-order chi connectivity index (χ1) is 9.58. The molecule has 7 heteroatoms. The molecule has 0 aromatic heterocycles. The maximum atomic E-state index is 14.0. The number of nitrogens with zero attached hydrogens (tertiary/aromatic N) is 2. The molecule has 2 N–H and O–H groups in total. The van der Waals surface area contributed by atoms with E-state index in [9.17, 15) is 14.0 Å². The molecule has 2 aliphatic heterocycles. The second-order valence-corrected chi connectivity index (χ2v) is 4.89. The molecule has 2 aliphatic rings. The van der Waals surface area contributed by atoms with Gasteiger partial charge >= 0.3 is 6.09 Å². The van der Waals surface area contributed by atoms with Gasteiger partial charge in [-0.05, 0) is 18.1 Å². The van der Waals surface area contributed by atoms with Gasteiger partial charge in [0.15, 0.2) is 0 Å². The largest absolute Gasteiger partial charge is 0.465 e. The van der Waals surface area contributed by atoms with E-state index in [1.54, 1.807) is 11.1 Å². The van der Waals surface area contributed by atoms with Gasteiger partial charge in [-0.15, -0.1) is 0 Å². The molecule has 6 nitrogen and oxygen atoms in total. The van der Waals surface area contributed by atoms with Crippen molar-refractivity contribution in [1.29, 1.82) is 0 Å². The Bertz CT molecular complexity index is 578. The average Bonchev–Trinajstić information content (AvgIpc) is 2.82. The van der Waals surface area contributed by atoms with Crippen LogP contribution in [0.15, 0.2) is 18.2 Å². The van der Waals surface area contributed by atoms with Crippen LogP contribution in [0, 0.1) is 5.82 Å². The number of hydrazine groups is 1. The highest BCUT2D eigenvalue weighted by Gasteiger charge is 2.38. The number of fused-ring (bicyclic) bond motifs is 2. The van der Waals surface area contributed by atoms with Crippen LogP contribution >= 0.6 is 0 Å². The van der Waals surface area contributed by atoms with Crippen molar-refractivity contribution in [3.63, 3.8) is 0 Å². The van der Waals surface area contributed by atoms with Gasteiger partial charge in [-0.1, -0.05) is 12.1 Å². The van der Waals surface area contributed by atoms with E-state index < -0.39 is 18.0 Å². The van der Waals surface area contributed by atoms with E-state index in [0.717, 1.165) is 6.42 Å². The number of hydrogen-bond acceptors (Lipinski definition) is 3. The first kappa shape index (κ1) is 12.9. The summed E-state index contributed by atoms with van der Waals surface area (Å²) in [5.41, 5.74) is 0.774. The molecule has 1 aromatic rings. The zero-order chi connectivity index (χ0) is 14.3. The van der Waals surface area contributed by atoms with Crippen molar-refractivity contribution in [3.05, 3.63) is 35.1 Å². The number of hydrogen-bond donors (Lipinski definition) is 2. The van der Waals surface area contributed by atoms with Crippen molar-refractivity contribution >= 4 is 12.0 Å². The summed E-state index contributed by atoms with van der Waals surface area (Å²) in [7, 11) is 0. The summed E-state index contributed by atoms with van der Waals surface area (Å²) in [6, 6.07) is 3.36. The van der Waals surface area contributed by atoms with Crippen LogP contribution in [-0.4, -0.2) is 40.2 Å². The molecule has 0 radical (unpaired) electrons. The lowest BCUT2D eigenvalue weighted by Gasteiger charge is -2.27. The number of benzene rings is 1. The predicted octanol–water partition coefficient (Wildman–Crippen LogP) is 1.10. The van der Waals surface area contributed by atoms with Crippen LogP contribution in [0.3, 0.4) is 0 Å². The summed E-state index contributed by atoms with van der Waals surface area (Å²) in [5.74, 6) is -0.768. The molecule has 2 heterocycles. The molecule has 0 saturated carbocycles. The number of carboxylic acid groups (broad SMARTS) is 1. The van der Waals surface area contributed by atoms with E-state index in [0.29, 0.717) is 24.2 Å². The second kappa shape index (κ2) is 4.75. The van der Waals surface area contributed by atoms with Crippen LogP contribution < -0.4 is 5.32 Å². The average molecular weight is 279 g/mol. The van der Waals surface area contributed by atoms with Crippen LogP contribution in [0.25, 0.3) is 0 Å². The molecule has 1 saturated heterocycles. The first-order valence-electron chi connectivity index (χ1n) is 6.41. The fraction of sp³-hybridized carbons (Fsp3) is 0.385. The summed E-state index contributed by atoms with van der Waals surface area (Å²) < 4.78 is 14.0. The molecule has 1 fully saturated rings. The topological polar surface area (TPSA) is 72.9 Å². The third-order valence-electron chi connectivity index (χ3n) is 3.70. The minimum absolute atomic E-state index is 0.283. The van der Waals surface area contributed by atoms with Gasteiger partial charge in [0.1, 0.15) is 11.9 Å². The van der Waals surface area contributed by atoms with Gasteiger partial charge in [0, 0.05) is 25.2 Å². The summed E-state index contributed by atoms with van der Waals surface area (Å²) in [6.45, 7) is 1.48. The Hall–Kier alpha value is -2.15. The quantitative estimate of drug-likeness (QED) is 0.807. The van der Waals surface area contributed by atoms with Crippen molar-refractivity contribution in [1.82, 2.24) is 15.3 Å². The monoisotopic (exact) mass is 279 g/mol. The van der Waals surface area contributed by atoms with Crippen LogP contribution in [0.4, 0.5) is 9.18 Å². The molecule has 1 atom stereocenters. The lowest BCUT2D eigenvalue weighted by atomic mass is 9.99. The zero-order valence-electron chi connectivity index (χ0n) is 10.7. The molecular weight excluding hydrogens is 265 g/mol. The fourth-order valence-electron chi connectivity index (χ4n) is 2.82.